The number of fused-ring (bicyclic) bond motifs is 1. The van der Waals surface area contributed by atoms with Gasteiger partial charge in [-0.1, -0.05) is 12.1 Å². The topological polar surface area (TPSA) is 87.5 Å². The van der Waals surface area contributed by atoms with E-state index in [9.17, 15) is 14.4 Å². The molecule has 2 fully saturated rings. The van der Waals surface area contributed by atoms with E-state index in [1.165, 1.54) is 0 Å². The number of benzene rings is 2. The van der Waals surface area contributed by atoms with Gasteiger partial charge in [0.05, 0.1) is 12.1 Å². The van der Waals surface area contributed by atoms with Crippen molar-refractivity contribution in [1.82, 2.24) is 24.7 Å². The van der Waals surface area contributed by atoms with E-state index in [4.69, 9.17) is 0 Å². The summed E-state index contributed by atoms with van der Waals surface area (Å²) >= 11 is 0. The van der Waals surface area contributed by atoms with Crippen molar-refractivity contribution in [2.24, 2.45) is 0 Å². The highest BCUT2D eigenvalue weighted by atomic mass is 16.2. The second kappa shape index (κ2) is 11.5. The van der Waals surface area contributed by atoms with Crippen LogP contribution in [0.25, 0.3) is 21.9 Å². The highest BCUT2D eigenvalue weighted by Gasteiger charge is 2.27. The van der Waals surface area contributed by atoms with Gasteiger partial charge in [0, 0.05) is 60.1 Å². The molecule has 8 nitrogen and oxygen atoms in total. The first-order valence-corrected chi connectivity index (χ1v) is 14.7. The Hall–Kier alpha value is -4.30. The second-order valence-corrected chi connectivity index (χ2v) is 11.9. The minimum absolute atomic E-state index is 0.0629. The largest absolute Gasteiger partial charge is 0.349 e. The Labute approximate surface area is 246 Å². The Balaban J connectivity index is 1.43. The molecule has 1 aliphatic heterocycles. The van der Waals surface area contributed by atoms with Crippen molar-refractivity contribution in [3.8, 4) is 11.1 Å². The molecule has 0 atom stereocenters. The summed E-state index contributed by atoms with van der Waals surface area (Å²) in [6.45, 7) is 3.70. The van der Waals surface area contributed by atoms with Crippen LogP contribution in [0.5, 0.6) is 0 Å². The number of pyridine rings is 2. The summed E-state index contributed by atoms with van der Waals surface area (Å²) in [5.74, 6) is -0.136. The number of aryl methyl sites for hydroxylation is 1. The predicted molar refractivity (Wildman–Crippen MR) is 165 cm³/mol. The van der Waals surface area contributed by atoms with E-state index < -0.39 is 0 Å². The molecule has 6 rings (SSSR count). The van der Waals surface area contributed by atoms with Crippen LogP contribution < -0.4 is 10.9 Å². The van der Waals surface area contributed by atoms with Crippen molar-refractivity contribution in [2.45, 2.75) is 51.2 Å². The first-order valence-electron chi connectivity index (χ1n) is 14.7. The van der Waals surface area contributed by atoms with Crippen LogP contribution in [0, 0.1) is 6.92 Å². The highest BCUT2D eigenvalue weighted by Crippen LogP contribution is 2.30. The summed E-state index contributed by atoms with van der Waals surface area (Å²) in [6.07, 6.45) is 9.00. The maximum atomic E-state index is 14.1. The normalized spacial score (nSPS) is 15.8. The standard InChI is InChI=1S/C34H37N5O3/c1-22-4-5-25(32(40)36-26-7-8-26)19-29(22)24-6-9-28-30(18-24)31(34(42)38-16-12-27(13-17-38)37(2)3)21-39(33(28)41)20-23-10-14-35-15-11-23/h4-6,9-11,14-15,18-19,21,26-27H,7-8,12-13,16-17,20H2,1-3H3,(H,36,40). The number of hydrogen-bond acceptors (Lipinski definition) is 5. The molecule has 216 valence electrons. The van der Waals surface area contributed by atoms with E-state index in [1.54, 1.807) is 23.2 Å². The van der Waals surface area contributed by atoms with Crippen LogP contribution in [0.2, 0.25) is 0 Å². The van der Waals surface area contributed by atoms with Crippen molar-refractivity contribution in [2.75, 3.05) is 27.2 Å². The van der Waals surface area contributed by atoms with Crippen molar-refractivity contribution < 1.29 is 9.59 Å². The lowest BCUT2D eigenvalue weighted by molar-refractivity contribution is 0.0664. The SMILES string of the molecule is Cc1ccc(C(=O)NC2CC2)cc1-c1ccc2c(=O)n(Cc3ccncc3)cc(C(=O)N3CCC(N(C)C)CC3)c2c1. The zero-order valence-electron chi connectivity index (χ0n) is 24.5. The fourth-order valence-corrected chi connectivity index (χ4v) is 5.86. The predicted octanol–water partition coefficient (Wildman–Crippen LogP) is 4.48. The lowest BCUT2D eigenvalue weighted by atomic mass is 9.94. The number of likely N-dealkylation sites (tertiary alicyclic amines) is 1. The van der Waals surface area contributed by atoms with Crippen molar-refractivity contribution in [3.63, 3.8) is 0 Å². The number of carbonyl (C=O) groups is 2. The molecule has 0 spiro atoms. The minimum Gasteiger partial charge on any atom is -0.349 e. The molecule has 4 aromatic rings. The fraction of sp³-hybridized carbons (Fsp3) is 0.353. The first kappa shape index (κ1) is 27.8. The molecule has 2 aliphatic rings. The van der Waals surface area contributed by atoms with Gasteiger partial charge in [0.1, 0.15) is 0 Å². The summed E-state index contributed by atoms with van der Waals surface area (Å²) in [5, 5.41) is 4.20. The van der Waals surface area contributed by atoms with Crippen molar-refractivity contribution >= 4 is 22.6 Å². The number of nitrogens with zero attached hydrogens (tertiary/aromatic N) is 4. The number of amides is 2. The summed E-state index contributed by atoms with van der Waals surface area (Å²) in [5.41, 5.74) is 4.71. The zero-order chi connectivity index (χ0) is 29.4. The molecule has 1 saturated heterocycles. The third-order valence-electron chi connectivity index (χ3n) is 8.62. The number of hydrogen-bond donors (Lipinski definition) is 1. The summed E-state index contributed by atoms with van der Waals surface area (Å²) in [6, 6.07) is 15.9. The summed E-state index contributed by atoms with van der Waals surface area (Å²) in [4.78, 5) is 48.9. The first-order chi connectivity index (χ1) is 20.3. The average molecular weight is 564 g/mol. The van der Waals surface area contributed by atoms with Crippen LogP contribution in [-0.4, -0.2) is 70.4 Å². The quantitative estimate of drug-likeness (QED) is 0.358. The molecule has 1 aliphatic carbocycles. The lowest BCUT2D eigenvalue weighted by Gasteiger charge is -2.35. The Morgan fingerprint density at radius 2 is 1.69 bits per heavy atom. The van der Waals surface area contributed by atoms with Gasteiger partial charge in [-0.15, -0.1) is 0 Å². The Morgan fingerprint density at radius 3 is 2.38 bits per heavy atom. The third kappa shape index (κ3) is 5.72. The van der Waals surface area contributed by atoms with Crippen LogP contribution in [0.4, 0.5) is 0 Å². The minimum atomic E-state index is -0.148. The molecule has 2 aromatic heterocycles. The second-order valence-electron chi connectivity index (χ2n) is 11.9. The van der Waals surface area contributed by atoms with Crippen LogP contribution in [-0.2, 0) is 6.54 Å². The van der Waals surface area contributed by atoms with Gasteiger partial charge in [0.2, 0.25) is 0 Å². The molecular weight excluding hydrogens is 526 g/mol. The molecule has 0 bridgehead atoms. The van der Waals surface area contributed by atoms with Crippen LogP contribution in [0.1, 0.15) is 57.5 Å². The Morgan fingerprint density at radius 1 is 0.952 bits per heavy atom. The highest BCUT2D eigenvalue weighted by molar-refractivity contribution is 6.07. The molecule has 2 amide bonds. The van der Waals surface area contributed by atoms with Crippen molar-refractivity contribution in [3.05, 3.63) is 99.7 Å². The number of nitrogens with one attached hydrogen (secondary N) is 1. The average Bonchev–Trinajstić information content (AvgIpc) is 3.83. The zero-order valence-corrected chi connectivity index (χ0v) is 24.5. The third-order valence-corrected chi connectivity index (χ3v) is 8.62. The smallest absolute Gasteiger partial charge is 0.258 e. The van der Waals surface area contributed by atoms with Gasteiger partial charge < -0.3 is 19.7 Å². The molecule has 42 heavy (non-hydrogen) atoms. The van der Waals surface area contributed by atoms with Gasteiger partial charge in [-0.3, -0.25) is 19.4 Å². The van der Waals surface area contributed by atoms with Crippen molar-refractivity contribution in [1.29, 1.82) is 0 Å². The number of rotatable bonds is 7. The van der Waals surface area contributed by atoms with E-state index in [1.807, 2.05) is 60.4 Å². The molecule has 0 radical (unpaired) electrons. The van der Waals surface area contributed by atoms with E-state index >= 15 is 0 Å². The maximum absolute atomic E-state index is 14.1. The van der Waals surface area contributed by atoms with Crippen LogP contribution in [0.15, 0.2) is 71.9 Å². The van der Waals surface area contributed by atoms with Gasteiger partial charge in [0.15, 0.2) is 0 Å². The number of carbonyl (C=O) groups excluding carboxylic acids is 2. The van der Waals surface area contributed by atoms with E-state index in [-0.39, 0.29) is 23.4 Å². The molecule has 1 N–H and O–H groups in total. The Kier molecular flexibility index (Phi) is 7.64. The molecular formula is C34H37N5O3. The summed E-state index contributed by atoms with van der Waals surface area (Å²) < 4.78 is 1.63. The molecule has 2 aromatic carbocycles. The lowest BCUT2D eigenvalue weighted by Crippen LogP contribution is -2.44. The van der Waals surface area contributed by atoms with Gasteiger partial charge in [-0.05, 0) is 105 Å². The summed E-state index contributed by atoms with van der Waals surface area (Å²) in [7, 11) is 4.16. The van der Waals surface area contributed by atoms with Crippen LogP contribution >= 0.6 is 0 Å². The van der Waals surface area contributed by atoms with Crippen LogP contribution in [0.3, 0.4) is 0 Å². The molecule has 1 saturated carbocycles. The monoisotopic (exact) mass is 563 g/mol. The Bertz CT molecular complexity index is 1700. The van der Waals surface area contributed by atoms with Gasteiger partial charge in [0.25, 0.3) is 17.4 Å². The molecule has 8 heteroatoms. The van der Waals surface area contributed by atoms with Gasteiger partial charge in [-0.25, -0.2) is 0 Å². The molecule has 3 heterocycles. The van der Waals surface area contributed by atoms with E-state index in [0.29, 0.717) is 47.6 Å². The number of aromatic nitrogens is 2. The van der Waals surface area contributed by atoms with Gasteiger partial charge >= 0.3 is 0 Å². The molecule has 0 unspecified atom stereocenters. The van der Waals surface area contributed by atoms with Gasteiger partial charge in [-0.2, -0.15) is 0 Å². The van der Waals surface area contributed by atoms with E-state index in [0.717, 1.165) is 47.9 Å². The maximum Gasteiger partial charge on any atom is 0.258 e. The fourth-order valence-electron chi connectivity index (χ4n) is 5.86. The van der Waals surface area contributed by atoms with E-state index in [2.05, 4.69) is 29.3 Å². The number of piperidine rings is 1.